The van der Waals surface area contributed by atoms with Gasteiger partial charge in [-0.05, 0) is 44.1 Å². The minimum absolute atomic E-state index is 0.207. The normalized spacial score (nSPS) is 18.6. The second kappa shape index (κ2) is 6.41. The van der Waals surface area contributed by atoms with Crippen LogP contribution in [0, 0.1) is 0 Å². The first kappa shape index (κ1) is 13.7. The third kappa shape index (κ3) is 2.97. The summed E-state index contributed by atoms with van der Waals surface area (Å²) in [7, 11) is 1.69. The van der Waals surface area contributed by atoms with E-state index in [1.807, 2.05) is 18.2 Å². The van der Waals surface area contributed by atoms with Crippen molar-refractivity contribution in [2.45, 2.75) is 25.3 Å². The number of rotatable bonds is 4. The second-order valence-corrected chi connectivity index (χ2v) is 5.17. The van der Waals surface area contributed by atoms with Crippen molar-refractivity contribution in [1.29, 1.82) is 0 Å². The Morgan fingerprint density at radius 1 is 1.33 bits per heavy atom. The Morgan fingerprint density at radius 3 is 2.67 bits per heavy atom. The van der Waals surface area contributed by atoms with Crippen molar-refractivity contribution >= 4 is 11.6 Å². The van der Waals surface area contributed by atoms with Crippen molar-refractivity contribution in [3.8, 4) is 5.75 Å². The third-order valence-corrected chi connectivity index (χ3v) is 3.84. The zero-order valence-electron chi connectivity index (χ0n) is 10.9. The van der Waals surface area contributed by atoms with Crippen LogP contribution in [0.1, 0.15) is 30.9 Å². The van der Waals surface area contributed by atoms with Gasteiger partial charge in [-0.3, -0.25) is 4.90 Å². The Kier molecular flexibility index (Phi) is 4.87. The van der Waals surface area contributed by atoms with Crippen molar-refractivity contribution in [2.75, 3.05) is 26.7 Å². The molecule has 0 spiro atoms. The molecular formula is C14H21ClN2O. The molecule has 1 heterocycles. The monoisotopic (exact) mass is 268 g/mol. The smallest absolute Gasteiger partial charge is 0.123 e. The lowest BCUT2D eigenvalue weighted by molar-refractivity contribution is 0.165. The zero-order chi connectivity index (χ0) is 13.0. The fraction of sp³-hybridized carbons (Fsp3) is 0.571. The molecule has 18 heavy (non-hydrogen) atoms. The molecule has 1 aliphatic rings. The van der Waals surface area contributed by atoms with Gasteiger partial charge in [-0.1, -0.05) is 18.0 Å². The fourth-order valence-corrected chi connectivity index (χ4v) is 2.85. The maximum Gasteiger partial charge on any atom is 0.123 e. The number of nitrogens with two attached hydrogens (primary N) is 1. The van der Waals surface area contributed by atoms with Crippen molar-refractivity contribution in [3.05, 3.63) is 28.8 Å². The van der Waals surface area contributed by atoms with Crippen LogP contribution in [-0.4, -0.2) is 31.6 Å². The number of ether oxygens (including phenoxy) is 1. The summed E-state index contributed by atoms with van der Waals surface area (Å²) in [4.78, 5) is 2.44. The third-order valence-electron chi connectivity index (χ3n) is 3.61. The molecule has 1 aliphatic heterocycles. The zero-order valence-corrected chi connectivity index (χ0v) is 11.6. The highest BCUT2D eigenvalue weighted by molar-refractivity contribution is 6.30. The van der Waals surface area contributed by atoms with Crippen LogP contribution in [0.3, 0.4) is 0 Å². The van der Waals surface area contributed by atoms with Crippen LogP contribution < -0.4 is 10.5 Å². The van der Waals surface area contributed by atoms with E-state index in [-0.39, 0.29) is 6.04 Å². The molecule has 100 valence electrons. The van der Waals surface area contributed by atoms with Crippen LogP contribution in [0.5, 0.6) is 5.75 Å². The second-order valence-electron chi connectivity index (χ2n) is 4.73. The Bertz CT molecular complexity index is 391. The summed E-state index contributed by atoms with van der Waals surface area (Å²) >= 11 is 6.10. The Morgan fingerprint density at radius 2 is 2.06 bits per heavy atom. The summed E-state index contributed by atoms with van der Waals surface area (Å²) in [5.41, 5.74) is 7.07. The van der Waals surface area contributed by atoms with Gasteiger partial charge in [0.1, 0.15) is 5.75 Å². The summed E-state index contributed by atoms with van der Waals surface area (Å²) in [6.07, 6.45) is 3.82. The molecule has 0 amide bonds. The molecule has 0 aliphatic carbocycles. The predicted octanol–water partition coefficient (Wildman–Crippen LogP) is 2.83. The number of methoxy groups -OCH3 is 1. The number of hydrogen-bond donors (Lipinski definition) is 1. The Hall–Kier alpha value is -0.770. The van der Waals surface area contributed by atoms with E-state index in [0.717, 1.165) is 29.4 Å². The minimum Gasteiger partial charge on any atom is -0.496 e. The molecule has 0 saturated carbocycles. The first-order chi connectivity index (χ1) is 8.76. The molecule has 2 N–H and O–H groups in total. The van der Waals surface area contributed by atoms with E-state index in [9.17, 15) is 0 Å². The SMILES string of the molecule is COc1ccc(Cl)cc1C(CN)N1CCCCC1. The summed E-state index contributed by atoms with van der Waals surface area (Å²) in [6.45, 7) is 2.81. The Balaban J connectivity index is 2.27. The van der Waals surface area contributed by atoms with Crippen LogP contribution >= 0.6 is 11.6 Å². The number of likely N-dealkylation sites (tertiary alicyclic amines) is 1. The van der Waals surface area contributed by atoms with Gasteiger partial charge < -0.3 is 10.5 Å². The average molecular weight is 269 g/mol. The van der Waals surface area contributed by atoms with Crippen molar-refractivity contribution in [3.63, 3.8) is 0 Å². The largest absolute Gasteiger partial charge is 0.496 e. The maximum atomic E-state index is 6.10. The standard InChI is InChI=1S/C14H21ClN2O/c1-18-14-6-5-11(15)9-12(14)13(10-16)17-7-3-2-4-8-17/h5-6,9,13H,2-4,7-8,10,16H2,1H3. The van der Waals surface area contributed by atoms with E-state index < -0.39 is 0 Å². The lowest BCUT2D eigenvalue weighted by Gasteiger charge is -2.34. The molecule has 1 saturated heterocycles. The number of halogens is 1. The molecule has 1 aromatic rings. The summed E-state index contributed by atoms with van der Waals surface area (Å²) in [5.74, 6) is 0.875. The van der Waals surface area contributed by atoms with Gasteiger partial charge in [0.05, 0.1) is 13.2 Å². The lowest BCUT2D eigenvalue weighted by Crippen LogP contribution is -2.37. The molecule has 0 radical (unpaired) electrons. The summed E-state index contributed by atoms with van der Waals surface area (Å²) in [5, 5.41) is 0.737. The van der Waals surface area contributed by atoms with Crippen LogP contribution in [0.4, 0.5) is 0 Å². The highest BCUT2D eigenvalue weighted by atomic mass is 35.5. The summed E-state index contributed by atoms with van der Waals surface area (Å²) < 4.78 is 5.43. The molecule has 1 atom stereocenters. The topological polar surface area (TPSA) is 38.5 Å². The Labute approximate surface area is 114 Å². The number of nitrogens with zero attached hydrogens (tertiary/aromatic N) is 1. The van der Waals surface area contributed by atoms with E-state index in [1.54, 1.807) is 7.11 Å². The van der Waals surface area contributed by atoms with Crippen LogP contribution in [0.25, 0.3) is 0 Å². The van der Waals surface area contributed by atoms with Gasteiger partial charge in [0.15, 0.2) is 0 Å². The quantitative estimate of drug-likeness (QED) is 0.913. The molecule has 3 nitrogen and oxygen atoms in total. The highest BCUT2D eigenvalue weighted by Crippen LogP contribution is 2.32. The first-order valence-corrected chi connectivity index (χ1v) is 6.91. The van der Waals surface area contributed by atoms with Crippen LogP contribution in [0.2, 0.25) is 5.02 Å². The predicted molar refractivity (Wildman–Crippen MR) is 75.2 cm³/mol. The molecule has 1 aromatic carbocycles. The first-order valence-electron chi connectivity index (χ1n) is 6.54. The van der Waals surface area contributed by atoms with E-state index in [4.69, 9.17) is 22.1 Å². The minimum atomic E-state index is 0.207. The van der Waals surface area contributed by atoms with E-state index >= 15 is 0 Å². The van der Waals surface area contributed by atoms with E-state index in [0.29, 0.717) is 6.54 Å². The van der Waals surface area contributed by atoms with Gasteiger partial charge in [-0.25, -0.2) is 0 Å². The lowest BCUT2D eigenvalue weighted by atomic mass is 10.0. The summed E-state index contributed by atoms with van der Waals surface area (Å²) in [6, 6.07) is 5.96. The van der Waals surface area contributed by atoms with E-state index in [1.165, 1.54) is 19.3 Å². The molecule has 1 fully saturated rings. The number of benzene rings is 1. The van der Waals surface area contributed by atoms with Crippen LogP contribution in [0.15, 0.2) is 18.2 Å². The van der Waals surface area contributed by atoms with Gasteiger partial charge in [0, 0.05) is 17.1 Å². The molecular weight excluding hydrogens is 248 g/mol. The fourth-order valence-electron chi connectivity index (χ4n) is 2.67. The van der Waals surface area contributed by atoms with Gasteiger partial charge in [-0.2, -0.15) is 0 Å². The van der Waals surface area contributed by atoms with Gasteiger partial charge in [-0.15, -0.1) is 0 Å². The molecule has 1 unspecified atom stereocenters. The molecule has 4 heteroatoms. The van der Waals surface area contributed by atoms with Gasteiger partial charge in [0.25, 0.3) is 0 Å². The van der Waals surface area contributed by atoms with Gasteiger partial charge in [0.2, 0.25) is 0 Å². The molecule has 0 aromatic heterocycles. The maximum absolute atomic E-state index is 6.10. The van der Waals surface area contributed by atoms with Crippen molar-refractivity contribution in [1.82, 2.24) is 4.90 Å². The molecule has 2 rings (SSSR count). The van der Waals surface area contributed by atoms with E-state index in [2.05, 4.69) is 4.90 Å². The molecule has 0 bridgehead atoms. The van der Waals surface area contributed by atoms with Crippen molar-refractivity contribution in [2.24, 2.45) is 5.73 Å². The average Bonchev–Trinajstić information content (AvgIpc) is 2.41. The highest BCUT2D eigenvalue weighted by Gasteiger charge is 2.23. The van der Waals surface area contributed by atoms with Crippen LogP contribution in [-0.2, 0) is 0 Å². The van der Waals surface area contributed by atoms with Gasteiger partial charge >= 0.3 is 0 Å². The number of hydrogen-bond acceptors (Lipinski definition) is 3. The number of piperidine rings is 1. The van der Waals surface area contributed by atoms with Crippen molar-refractivity contribution < 1.29 is 4.74 Å².